The highest BCUT2D eigenvalue weighted by Crippen LogP contribution is 2.41. The minimum absolute atomic E-state index is 0.00289. The van der Waals surface area contributed by atoms with Crippen LogP contribution >= 0.6 is 11.3 Å². The van der Waals surface area contributed by atoms with Gasteiger partial charge in [-0.15, -0.1) is 0 Å². The number of amides is 1. The molecule has 2 aromatic heterocycles. The number of ether oxygens (including phenoxy) is 1. The van der Waals surface area contributed by atoms with Crippen molar-refractivity contribution in [2.75, 3.05) is 19.6 Å². The molecule has 3 aromatic rings. The Morgan fingerprint density at radius 1 is 1.18 bits per heavy atom. The number of hydrogen-bond acceptors (Lipinski definition) is 6. The Morgan fingerprint density at radius 2 is 1.97 bits per heavy atom. The lowest BCUT2D eigenvalue weighted by Crippen LogP contribution is -2.43. The normalized spacial score (nSPS) is 24.0. The number of thiazole rings is 1. The summed E-state index contributed by atoms with van der Waals surface area (Å²) in [5.74, 6) is -1.87. The summed E-state index contributed by atoms with van der Waals surface area (Å²) in [6, 6.07) is 5.94. The van der Waals surface area contributed by atoms with Gasteiger partial charge < -0.3 is 15.0 Å². The Kier molecular flexibility index (Phi) is 7.11. The van der Waals surface area contributed by atoms with E-state index in [4.69, 9.17) is 4.74 Å². The van der Waals surface area contributed by atoms with Gasteiger partial charge in [-0.1, -0.05) is 17.4 Å². The average molecular weight is 544 g/mol. The Balaban J connectivity index is 0.925. The number of hydrogen-bond donors (Lipinski definition) is 1. The van der Waals surface area contributed by atoms with Crippen LogP contribution in [0.3, 0.4) is 0 Å². The summed E-state index contributed by atoms with van der Waals surface area (Å²) >= 11 is 1.54. The monoisotopic (exact) mass is 543 g/mol. The van der Waals surface area contributed by atoms with E-state index in [0.717, 1.165) is 74.8 Å². The third-order valence-corrected chi connectivity index (χ3v) is 9.39. The average Bonchev–Trinajstić information content (AvgIpc) is 3.39. The molecule has 1 aromatic carbocycles. The molecule has 3 heterocycles. The molecule has 0 atom stereocenters. The number of alkyl halides is 2. The van der Waals surface area contributed by atoms with Crippen molar-refractivity contribution in [1.82, 2.24) is 25.0 Å². The van der Waals surface area contributed by atoms with E-state index in [9.17, 15) is 13.6 Å². The topological polar surface area (TPSA) is 72.3 Å². The molecule has 1 aliphatic heterocycles. The zero-order chi connectivity index (χ0) is 26.3. The smallest absolute Gasteiger partial charge is 0.273 e. The van der Waals surface area contributed by atoms with Gasteiger partial charge >= 0.3 is 0 Å². The third-order valence-electron chi connectivity index (χ3n) is 8.34. The van der Waals surface area contributed by atoms with E-state index in [1.54, 1.807) is 4.68 Å². The fourth-order valence-corrected chi connectivity index (χ4v) is 7.09. The van der Waals surface area contributed by atoms with Crippen molar-refractivity contribution >= 4 is 28.1 Å². The number of aromatic nitrogens is 3. The Labute approximate surface area is 225 Å². The first-order valence-electron chi connectivity index (χ1n) is 13.8. The maximum absolute atomic E-state index is 13.1. The summed E-state index contributed by atoms with van der Waals surface area (Å²) in [5.41, 5.74) is 2.62. The summed E-state index contributed by atoms with van der Waals surface area (Å²) in [6.07, 6.45) is 8.48. The van der Waals surface area contributed by atoms with E-state index < -0.39 is 12.0 Å². The van der Waals surface area contributed by atoms with Gasteiger partial charge in [0.2, 0.25) is 0 Å². The maximum Gasteiger partial charge on any atom is 0.273 e. The lowest BCUT2D eigenvalue weighted by Gasteiger charge is -2.33. The number of rotatable bonds is 7. The van der Waals surface area contributed by atoms with Gasteiger partial charge in [0.25, 0.3) is 17.0 Å². The number of nitrogens with one attached hydrogen (secondary N) is 1. The minimum atomic E-state index is -2.57. The van der Waals surface area contributed by atoms with Gasteiger partial charge in [0.05, 0.1) is 16.8 Å². The highest BCUT2D eigenvalue weighted by atomic mass is 32.1. The lowest BCUT2D eigenvalue weighted by atomic mass is 9.84. The molecule has 0 unspecified atom stereocenters. The predicted molar refractivity (Wildman–Crippen MR) is 143 cm³/mol. The van der Waals surface area contributed by atoms with Crippen LogP contribution in [0.1, 0.15) is 65.9 Å². The van der Waals surface area contributed by atoms with Gasteiger partial charge in [0.1, 0.15) is 6.10 Å². The van der Waals surface area contributed by atoms with Crippen LogP contribution in [0.25, 0.3) is 10.9 Å². The molecule has 0 saturated heterocycles. The zero-order valence-corrected chi connectivity index (χ0v) is 22.6. The van der Waals surface area contributed by atoms with Crippen LogP contribution in [0.4, 0.5) is 8.78 Å². The number of halogens is 2. The number of carbonyl (C=O) groups is 1. The number of nitrogens with zero attached hydrogens (tertiary/aromatic N) is 4. The van der Waals surface area contributed by atoms with Crippen molar-refractivity contribution < 1.29 is 18.3 Å². The van der Waals surface area contributed by atoms with Gasteiger partial charge in [-0.05, 0) is 63.1 Å². The van der Waals surface area contributed by atoms with Crippen molar-refractivity contribution in [3.63, 3.8) is 0 Å². The molecule has 204 valence electrons. The molecule has 0 radical (unpaired) electrons. The standard InChI is InChI=1S/C28H35F2N5O2S/c1-34-17-22-21(3-2-4-23(22)33-34)26(36)31-19-7-5-18(6-8-19)9-12-35-13-10-24-25(11-14-35)38-27(32-24)37-20-15-28(29,30)16-20/h2-4,17-20H,5-16H2,1H3,(H,31,36)/t18-,19-. The van der Waals surface area contributed by atoms with Crippen LogP contribution in [0.5, 0.6) is 5.19 Å². The van der Waals surface area contributed by atoms with Crippen LogP contribution in [-0.2, 0) is 19.9 Å². The first-order chi connectivity index (χ1) is 18.3. The Morgan fingerprint density at radius 3 is 2.76 bits per heavy atom. The molecule has 0 bridgehead atoms. The molecular weight excluding hydrogens is 508 g/mol. The van der Waals surface area contributed by atoms with Crippen molar-refractivity contribution in [2.45, 2.75) is 75.9 Å². The van der Waals surface area contributed by atoms with Crippen molar-refractivity contribution in [3.05, 3.63) is 40.5 Å². The van der Waals surface area contributed by atoms with Crippen molar-refractivity contribution in [3.8, 4) is 5.19 Å². The molecule has 1 N–H and O–H groups in total. The van der Waals surface area contributed by atoms with E-state index in [1.807, 2.05) is 31.4 Å². The summed E-state index contributed by atoms with van der Waals surface area (Å²) in [7, 11) is 1.88. The predicted octanol–water partition coefficient (Wildman–Crippen LogP) is 4.99. The summed E-state index contributed by atoms with van der Waals surface area (Å²) in [6.45, 7) is 3.06. The van der Waals surface area contributed by atoms with Crippen LogP contribution in [-0.4, -0.2) is 63.3 Å². The second kappa shape index (κ2) is 10.5. The molecule has 6 rings (SSSR count). The fraction of sp³-hybridized carbons (Fsp3) is 0.607. The maximum atomic E-state index is 13.1. The van der Waals surface area contributed by atoms with Crippen molar-refractivity contribution in [2.24, 2.45) is 13.0 Å². The molecule has 38 heavy (non-hydrogen) atoms. The molecule has 3 aliphatic rings. The third kappa shape index (κ3) is 5.71. The number of aryl methyl sites for hydroxylation is 1. The van der Waals surface area contributed by atoms with Gasteiger partial charge in [0, 0.05) is 61.9 Å². The largest absolute Gasteiger partial charge is 0.466 e. The molecule has 2 fully saturated rings. The summed E-state index contributed by atoms with van der Waals surface area (Å²) < 4.78 is 33.6. The summed E-state index contributed by atoms with van der Waals surface area (Å²) in [5, 5.41) is 9.14. The molecule has 1 amide bonds. The van der Waals surface area contributed by atoms with E-state index in [-0.39, 0.29) is 24.8 Å². The fourth-order valence-electron chi connectivity index (χ4n) is 6.08. The molecule has 7 nitrogen and oxygen atoms in total. The second-order valence-electron chi connectivity index (χ2n) is 11.2. The SMILES string of the molecule is Cn1cc2c(C(=O)N[C@H]3CC[C@H](CCN4CCc5nc(OC6CC(F)(F)C6)sc5CC4)CC3)cccc2n1. The first-order valence-corrected chi connectivity index (χ1v) is 14.6. The lowest BCUT2D eigenvalue weighted by molar-refractivity contribution is -0.134. The van der Waals surface area contributed by atoms with Gasteiger partial charge in [-0.2, -0.15) is 5.10 Å². The van der Waals surface area contributed by atoms with Crippen molar-refractivity contribution in [1.29, 1.82) is 0 Å². The van der Waals surface area contributed by atoms with E-state index in [2.05, 4.69) is 20.3 Å². The number of carbonyl (C=O) groups excluding carboxylic acids is 1. The van der Waals surface area contributed by atoms with Gasteiger partial charge in [-0.3, -0.25) is 9.48 Å². The van der Waals surface area contributed by atoms with Gasteiger partial charge in [-0.25, -0.2) is 13.8 Å². The Bertz CT molecular complexity index is 1270. The van der Waals surface area contributed by atoms with Crippen LogP contribution in [0.2, 0.25) is 0 Å². The summed E-state index contributed by atoms with van der Waals surface area (Å²) in [4.78, 5) is 21.4. The molecular formula is C28H35F2N5O2S. The minimum Gasteiger partial charge on any atom is -0.466 e. The molecule has 2 aliphatic carbocycles. The zero-order valence-electron chi connectivity index (χ0n) is 21.8. The first kappa shape index (κ1) is 25.7. The van der Waals surface area contributed by atoms with E-state index in [0.29, 0.717) is 16.7 Å². The van der Waals surface area contributed by atoms with E-state index >= 15 is 0 Å². The molecule has 0 spiro atoms. The Hall–Kier alpha value is -2.59. The quantitative estimate of drug-likeness (QED) is 0.455. The van der Waals surface area contributed by atoms with Crippen LogP contribution in [0.15, 0.2) is 24.4 Å². The number of fused-ring (bicyclic) bond motifs is 2. The highest BCUT2D eigenvalue weighted by Gasteiger charge is 2.47. The highest BCUT2D eigenvalue weighted by molar-refractivity contribution is 7.13. The van der Waals surface area contributed by atoms with Gasteiger partial charge in [0.15, 0.2) is 0 Å². The second-order valence-corrected chi connectivity index (χ2v) is 12.3. The van der Waals surface area contributed by atoms with Crippen LogP contribution in [0, 0.1) is 5.92 Å². The number of benzene rings is 1. The van der Waals surface area contributed by atoms with E-state index in [1.165, 1.54) is 22.6 Å². The molecule has 2 saturated carbocycles. The van der Waals surface area contributed by atoms with Crippen LogP contribution < -0.4 is 10.1 Å². The molecule has 10 heteroatoms.